The Kier molecular flexibility index (Phi) is 3.96. The molecule has 146 valence electrons. The number of nitrogens with zero attached hydrogens (tertiary/aromatic N) is 5. The highest BCUT2D eigenvalue weighted by atomic mass is 19.1. The maximum Gasteiger partial charge on any atom is 0.289 e. The lowest BCUT2D eigenvalue weighted by molar-refractivity contribution is -0.153. The van der Waals surface area contributed by atoms with Gasteiger partial charge in [-0.15, -0.1) is 10.2 Å². The summed E-state index contributed by atoms with van der Waals surface area (Å²) >= 11 is 0. The minimum Gasteiger partial charge on any atom is -0.347 e. The maximum absolute atomic E-state index is 14.6. The number of piperazine rings is 1. The Morgan fingerprint density at radius 2 is 1.85 bits per heavy atom. The Labute approximate surface area is 157 Å². The molecular weight excluding hydrogens is 351 g/mol. The molecule has 1 aromatic heterocycles. The smallest absolute Gasteiger partial charge is 0.289 e. The molecule has 2 amide bonds. The molecule has 0 unspecified atom stereocenters. The van der Waals surface area contributed by atoms with Crippen molar-refractivity contribution in [2.45, 2.75) is 62.8 Å². The molecule has 8 nitrogen and oxygen atoms in total. The molecule has 3 heterocycles. The molecule has 0 aromatic carbocycles. The number of carbonyl (C=O) groups is 2. The first-order valence-electron chi connectivity index (χ1n) is 10.0. The Balaban J connectivity index is 1.34. The first kappa shape index (κ1) is 17.1. The molecule has 1 atom stereocenters. The lowest BCUT2D eigenvalue weighted by atomic mass is 9.80. The van der Waals surface area contributed by atoms with Gasteiger partial charge in [0.05, 0.1) is 6.04 Å². The summed E-state index contributed by atoms with van der Waals surface area (Å²) in [7, 11) is 0. The van der Waals surface area contributed by atoms with Crippen molar-refractivity contribution < 1.29 is 14.0 Å². The van der Waals surface area contributed by atoms with Gasteiger partial charge in [-0.05, 0) is 38.5 Å². The zero-order chi connectivity index (χ0) is 18.6. The predicted molar refractivity (Wildman–Crippen MR) is 93.7 cm³/mol. The quantitative estimate of drug-likeness (QED) is 0.838. The van der Waals surface area contributed by atoms with Crippen LogP contribution in [-0.2, 0) is 11.3 Å². The average Bonchev–Trinajstić information content (AvgIpc) is 3.06. The third kappa shape index (κ3) is 2.74. The molecule has 9 heteroatoms. The molecule has 2 aliphatic heterocycles. The van der Waals surface area contributed by atoms with E-state index in [0.717, 1.165) is 32.2 Å². The predicted octanol–water partition coefficient (Wildman–Crippen LogP) is 0.651. The van der Waals surface area contributed by atoms with Crippen molar-refractivity contribution in [2.24, 2.45) is 0 Å². The number of rotatable bonds is 3. The van der Waals surface area contributed by atoms with Crippen molar-refractivity contribution in [3.8, 4) is 0 Å². The van der Waals surface area contributed by atoms with Crippen LogP contribution in [0, 0.1) is 0 Å². The number of alkyl halides is 1. The van der Waals surface area contributed by atoms with Crippen molar-refractivity contribution in [1.29, 1.82) is 0 Å². The monoisotopic (exact) mass is 376 g/mol. The van der Waals surface area contributed by atoms with E-state index in [-0.39, 0.29) is 23.9 Å². The first-order chi connectivity index (χ1) is 13.0. The Morgan fingerprint density at radius 1 is 1.07 bits per heavy atom. The van der Waals surface area contributed by atoms with Crippen LogP contribution in [0.15, 0.2) is 0 Å². The van der Waals surface area contributed by atoms with Crippen molar-refractivity contribution in [3.05, 3.63) is 11.6 Å². The lowest BCUT2D eigenvalue weighted by Crippen LogP contribution is -2.58. The van der Waals surface area contributed by atoms with Gasteiger partial charge in [-0.1, -0.05) is 0 Å². The largest absolute Gasteiger partial charge is 0.347 e. The fourth-order valence-corrected chi connectivity index (χ4v) is 4.48. The van der Waals surface area contributed by atoms with Crippen LogP contribution in [-0.4, -0.2) is 74.3 Å². The maximum atomic E-state index is 14.6. The van der Waals surface area contributed by atoms with E-state index in [4.69, 9.17) is 0 Å². The van der Waals surface area contributed by atoms with Crippen LogP contribution in [0.2, 0.25) is 0 Å². The molecule has 0 spiro atoms. The highest BCUT2D eigenvalue weighted by Gasteiger charge is 2.49. The van der Waals surface area contributed by atoms with Crippen LogP contribution in [0.3, 0.4) is 0 Å². The summed E-state index contributed by atoms with van der Waals surface area (Å²) in [4.78, 5) is 29.0. The highest BCUT2D eigenvalue weighted by molar-refractivity contribution is 5.91. The molecular formula is C18H25FN6O2. The number of nitrogens with one attached hydrogen (secondary N) is 1. The number of amides is 2. The third-order valence-corrected chi connectivity index (χ3v) is 6.64. The van der Waals surface area contributed by atoms with E-state index in [1.54, 1.807) is 4.90 Å². The van der Waals surface area contributed by atoms with Crippen LogP contribution in [0.4, 0.5) is 4.39 Å². The lowest BCUT2D eigenvalue weighted by Gasteiger charge is -2.46. The molecule has 0 bridgehead atoms. The number of aromatic nitrogens is 3. The summed E-state index contributed by atoms with van der Waals surface area (Å²) in [6.45, 7) is 3.09. The van der Waals surface area contributed by atoms with E-state index < -0.39 is 5.67 Å². The molecule has 27 heavy (non-hydrogen) atoms. The average molecular weight is 376 g/mol. The summed E-state index contributed by atoms with van der Waals surface area (Å²) in [6.07, 6.45) is 4.63. The van der Waals surface area contributed by atoms with Gasteiger partial charge >= 0.3 is 0 Å². The van der Waals surface area contributed by atoms with E-state index in [9.17, 15) is 14.0 Å². The Morgan fingerprint density at radius 3 is 2.52 bits per heavy atom. The van der Waals surface area contributed by atoms with Crippen LogP contribution >= 0.6 is 0 Å². The molecule has 2 saturated carbocycles. The molecule has 4 aliphatic rings. The second kappa shape index (κ2) is 6.25. The standard InChI is InChI=1S/C18H25FN6O2/c19-18(5-2-6-18)17(27)24-8-7-23-9-10-25-14(13(23)11-24)21-22-15(25)16(26)20-12-3-1-4-12/h12-13H,1-11H2,(H,20,26)/t13-/m1/s1. The van der Waals surface area contributed by atoms with E-state index >= 15 is 0 Å². The van der Waals surface area contributed by atoms with Gasteiger partial charge < -0.3 is 14.8 Å². The van der Waals surface area contributed by atoms with Gasteiger partial charge in [0.25, 0.3) is 11.8 Å². The van der Waals surface area contributed by atoms with Gasteiger partial charge in [0.1, 0.15) is 0 Å². The topological polar surface area (TPSA) is 83.4 Å². The highest BCUT2D eigenvalue weighted by Crippen LogP contribution is 2.39. The summed E-state index contributed by atoms with van der Waals surface area (Å²) in [5.41, 5.74) is -1.67. The van der Waals surface area contributed by atoms with Crippen LogP contribution in [0.1, 0.15) is 61.0 Å². The molecule has 5 rings (SSSR count). The summed E-state index contributed by atoms with van der Waals surface area (Å²) in [5.74, 6) is 0.501. The Bertz CT molecular complexity index is 772. The second-order valence-electron chi connectivity index (χ2n) is 8.26. The summed E-state index contributed by atoms with van der Waals surface area (Å²) in [6, 6.07) is 0.120. The number of carbonyl (C=O) groups excluding carboxylic acids is 2. The van der Waals surface area contributed by atoms with Crippen LogP contribution < -0.4 is 5.32 Å². The minimum absolute atomic E-state index is 0.127. The number of fused-ring (bicyclic) bond motifs is 3. The zero-order valence-electron chi connectivity index (χ0n) is 15.4. The van der Waals surface area contributed by atoms with Gasteiger partial charge in [0.15, 0.2) is 11.5 Å². The zero-order valence-corrected chi connectivity index (χ0v) is 15.4. The van der Waals surface area contributed by atoms with Gasteiger partial charge in [-0.3, -0.25) is 14.5 Å². The molecule has 2 aliphatic carbocycles. The van der Waals surface area contributed by atoms with Crippen molar-refractivity contribution >= 4 is 11.8 Å². The fourth-order valence-electron chi connectivity index (χ4n) is 4.48. The number of hydrogen-bond acceptors (Lipinski definition) is 5. The van der Waals surface area contributed by atoms with Crippen LogP contribution in [0.5, 0.6) is 0 Å². The number of hydrogen-bond donors (Lipinski definition) is 1. The van der Waals surface area contributed by atoms with Crippen molar-refractivity contribution in [2.75, 3.05) is 26.2 Å². The molecule has 1 aromatic rings. The molecule has 0 radical (unpaired) electrons. The van der Waals surface area contributed by atoms with Gasteiger partial charge in [0, 0.05) is 38.8 Å². The van der Waals surface area contributed by atoms with E-state index in [0.29, 0.717) is 50.7 Å². The molecule has 3 fully saturated rings. The minimum atomic E-state index is -1.67. The number of halogens is 1. The van der Waals surface area contributed by atoms with Gasteiger partial charge in [-0.2, -0.15) is 0 Å². The summed E-state index contributed by atoms with van der Waals surface area (Å²) in [5, 5.41) is 11.4. The second-order valence-corrected chi connectivity index (χ2v) is 8.26. The van der Waals surface area contributed by atoms with Crippen molar-refractivity contribution in [1.82, 2.24) is 29.9 Å². The molecule has 1 saturated heterocycles. The van der Waals surface area contributed by atoms with E-state index in [2.05, 4.69) is 20.4 Å². The third-order valence-electron chi connectivity index (χ3n) is 6.64. The SMILES string of the molecule is O=C(NC1CCC1)c1nnc2n1CCN1CCN(C(=O)C3(F)CCC3)C[C@H]21. The van der Waals surface area contributed by atoms with Gasteiger partial charge in [-0.25, -0.2) is 4.39 Å². The Hall–Kier alpha value is -2.03. The van der Waals surface area contributed by atoms with Crippen LogP contribution in [0.25, 0.3) is 0 Å². The first-order valence-corrected chi connectivity index (χ1v) is 10.0. The normalized spacial score (nSPS) is 27.1. The molecule has 1 N–H and O–H groups in total. The van der Waals surface area contributed by atoms with Crippen molar-refractivity contribution in [3.63, 3.8) is 0 Å². The van der Waals surface area contributed by atoms with E-state index in [1.165, 1.54) is 0 Å². The van der Waals surface area contributed by atoms with Gasteiger partial charge in [0.2, 0.25) is 5.82 Å². The fraction of sp³-hybridized carbons (Fsp3) is 0.778. The van der Waals surface area contributed by atoms with E-state index in [1.807, 2.05) is 4.57 Å². The summed E-state index contributed by atoms with van der Waals surface area (Å²) < 4.78 is 16.5.